The van der Waals surface area contributed by atoms with Crippen molar-refractivity contribution < 1.29 is 42.5 Å². The number of hydrogen-bond acceptors (Lipinski definition) is 8. The van der Waals surface area contributed by atoms with Gasteiger partial charge in [0.15, 0.2) is 0 Å². The van der Waals surface area contributed by atoms with Crippen molar-refractivity contribution in [3.05, 3.63) is 0 Å². The molecule has 10 heteroatoms. The lowest BCUT2D eigenvalue weighted by atomic mass is 9.44. The summed E-state index contributed by atoms with van der Waals surface area (Å²) < 4.78 is 41.8. The SMILES string of the molecule is O=C(OCC12CC3CC(C1)CC(COC(=O)C(F)(F)SOO[O-])(C3)C2)C1CCCCC1. The first-order valence-electron chi connectivity index (χ1n) is 11.1. The molecule has 5 saturated carbocycles. The molecule has 0 heterocycles. The molecule has 5 aliphatic carbocycles. The Balaban J connectivity index is 1.36. The standard InChI is InChI=1S/C21H30F2O7S/c22-21(23,31-30-29-26)18(25)28-13-20-9-14-6-15(10-20)8-19(7-14,11-20)12-27-17(24)16-4-2-1-3-5-16/h14-16,26H,1-13H2/p-1. The molecule has 5 aliphatic rings. The van der Waals surface area contributed by atoms with Crippen LogP contribution in [0.2, 0.25) is 0 Å². The molecule has 0 N–H and O–H groups in total. The number of carbonyl (C=O) groups is 2. The third kappa shape index (κ3) is 5.17. The van der Waals surface area contributed by atoms with Crippen molar-refractivity contribution in [1.29, 1.82) is 0 Å². The van der Waals surface area contributed by atoms with Crippen LogP contribution in [0.3, 0.4) is 0 Å². The normalized spacial score (nSPS) is 35.2. The van der Waals surface area contributed by atoms with E-state index in [0.717, 1.165) is 57.8 Å². The van der Waals surface area contributed by atoms with E-state index in [1.54, 1.807) is 0 Å². The average molecular weight is 464 g/mol. The molecule has 31 heavy (non-hydrogen) atoms. The predicted octanol–water partition coefficient (Wildman–Crippen LogP) is 3.70. The fourth-order valence-electron chi connectivity index (χ4n) is 7.06. The average Bonchev–Trinajstić information content (AvgIpc) is 2.74. The van der Waals surface area contributed by atoms with Crippen molar-refractivity contribution in [2.75, 3.05) is 13.2 Å². The summed E-state index contributed by atoms with van der Waals surface area (Å²) in [7, 11) is 0. The molecule has 0 saturated heterocycles. The maximum absolute atomic E-state index is 13.7. The van der Waals surface area contributed by atoms with Crippen molar-refractivity contribution in [2.24, 2.45) is 28.6 Å². The molecular weight excluding hydrogens is 434 g/mol. The molecule has 0 aromatic carbocycles. The van der Waals surface area contributed by atoms with Crippen LogP contribution in [0.4, 0.5) is 8.78 Å². The molecule has 0 aromatic rings. The van der Waals surface area contributed by atoms with Gasteiger partial charge in [-0.25, -0.2) is 4.79 Å². The van der Waals surface area contributed by atoms with Crippen LogP contribution < -0.4 is 5.26 Å². The van der Waals surface area contributed by atoms with Crippen molar-refractivity contribution in [3.8, 4) is 0 Å². The lowest BCUT2D eigenvalue weighted by Gasteiger charge is -2.61. The van der Waals surface area contributed by atoms with E-state index < -0.39 is 23.3 Å². The fourth-order valence-corrected chi connectivity index (χ4v) is 7.30. The highest BCUT2D eigenvalue weighted by molar-refractivity contribution is 7.96. The minimum Gasteiger partial charge on any atom is -0.691 e. The predicted molar refractivity (Wildman–Crippen MR) is 103 cm³/mol. The van der Waals surface area contributed by atoms with Gasteiger partial charge < -0.3 is 14.7 Å². The molecule has 2 unspecified atom stereocenters. The van der Waals surface area contributed by atoms with E-state index in [1.807, 2.05) is 0 Å². The van der Waals surface area contributed by atoms with E-state index in [4.69, 9.17) is 9.47 Å². The molecule has 4 bridgehead atoms. The monoisotopic (exact) mass is 463 g/mol. The molecule has 2 atom stereocenters. The molecule has 0 aromatic heterocycles. The summed E-state index contributed by atoms with van der Waals surface area (Å²) in [4.78, 5) is 24.4. The Morgan fingerprint density at radius 1 is 0.968 bits per heavy atom. The van der Waals surface area contributed by atoms with E-state index in [-0.39, 0.29) is 29.3 Å². The first-order valence-corrected chi connectivity index (χ1v) is 11.9. The van der Waals surface area contributed by atoms with Crippen LogP contribution in [0.15, 0.2) is 0 Å². The van der Waals surface area contributed by atoms with Crippen LogP contribution >= 0.6 is 12.0 Å². The van der Waals surface area contributed by atoms with Gasteiger partial charge in [0, 0.05) is 10.8 Å². The van der Waals surface area contributed by atoms with Gasteiger partial charge in [0.2, 0.25) is 0 Å². The van der Waals surface area contributed by atoms with Crippen molar-refractivity contribution in [3.63, 3.8) is 0 Å². The van der Waals surface area contributed by atoms with Crippen LogP contribution in [0.1, 0.15) is 70.6 Å². The van der Waals surface area contributed by atoms with Crippen molar-refractivity contribution in [1.82, 2.24) is 0 Å². The third-order valence-electron chi connectivity index (χ3n) is 7.68. The van der Waals surface area contributed by atoms with Gasteiger partial charge in [-0.15, -0.1) is 0 Å². The Kier molecular flexibility index (Phi) is 6.82. The highest BCUT2D eigenvalue weighted by atomic mass is 32.2. The zero-order valence-electron chi connectivity index (χ0n) is 17.4. The van der Waals surface area contributed by atoms with Gasteiger partial charge in [0.1, 0.15) is 12.0 Å². The van der Waals surface area contributed by atoms with Gasteiger partial charge >= 0.3 is 17.2 Å². The number of halogens is 2. The summed E-state index contributed by atoms with van der Waals surface area (Å²) in [5, 5.41) is 8.63. The molecule has 0 amide bonds. The van der Waals surface area contributed by atoms with Gasteiger partial charge in [-0.05, 0) is 63.2 Å². The number of esters is 2. The Labute approximate surface area is 184 Å². The lowest BCUT2D eigenvalue weighted by molar-refractivity contribution is -0.777. The minimum atomic E-state index is -4.03. The molecule has 0 aliphatic heterocycles. The summed E-state index contributed by atoms with van der Waals surface area (Å²) in [6.07, 6.45) is 10.5. The summed E-state index contributed by atoms with van der Waals surface area (Å²) in [6, 6.07) is 0. The second-order valence-electron chi connectivity index (χ2n) is 10.2. The van der Waals surface area contributed by atoms with Gasteiger partial charge in [-0.3, -0.25) is 9.83 Å². The van der Waals surface area contributed by atoms with Crippen LogP contribution in [0.25, 0.3) is 0 Å². The Morgan fingerprint density at radius 3 is 2.13 bits per heavy atom. The molecule has 5 fully saturated rings. The Morgan fingerprint density at radius 2 is 1.55 bits per heavy atom. The van der Waals surface area contributed by atoms with Crippen molar-refractivity contribution >= 4 is 24.0 Å². The number of ether oxygens (including phenoxy) is 2. The van der Waals surface area contributed by atoms with E-state index in [2.05, 4.69) is 9.37 Å². The number of rotatable bonds is 9. The topological polar surface area (TPSA) is 94.1 Å². The van der Waals surface area contributed by atoms with Crippen LogP contribution in [0, 0.1) is 28.6 Å². The maximum Gasteiger partial charge on any atom is 0.415 e. The number of carbonyl (C=O) groups excluding carboxylic acids is 2. The molecule has 7 nitrogen and oxygen atoms in total. The quantitative estimate of drug-likeness (QED) is 0.221. The Bertz CT molecular complexity index is 669. The highest BCUT2D eigenvalue weighted by Gasteiger charge is 2.59. The second-order valence-corrected chi connectivity index (χ2v) is 11.0. The molecule has 0 radical (unpaired) electrons. The largest absolute Gasteiger partial charge is 0.691 e. The second kappa shape index (κ2) is 9.11. The zero-order chi connectivity index (χ0) is 22.1. The first kappa shape index (κ1) is 23.2. The summed E-state index contributed by atoms with van der Waals surface area (Å²) in [5.74, 6) is -0.991. The maximum atomic E-state index is 13.7. The summed E-state index contributed by atoms with van der Waals surface area (Å²) in [6.45, 7) is 0.261. The van der Waals surface area contributed by atoms with Gasteiger partial charge in [0.05, 0.1) is 19.1 Å². The number of alkyl halides is 2. The molecule has 176 valence electrons. The van der Waals surface area contributed by atoms with E-state index >= 15 is 0 Å². The van der Waals surface area contributed by atoms with Gasteiger partial charge in [-0.1, -0.05) is 19.3 Å². The minimum absolute atomic E-state index is 0.00220. The Hall–Kier alpha value is -0.970. The van der Waals surface area contributed by atoms with E-state index in [1.165, 1.54) is 6.42 Å². The molecular formula is C21H29F2O7S-. The van der Waals surface area contributed by atoms with Crippen LogP contribution in [-0.4, -0.2) is 30.4 Å². The first-order chi connectivity index (χ1) is 14.7. The van der Waals surface area contributed by atoms with Crippen LogP contribution in [0.5, 0.6) is 0 Å². The van der Waals surface area contributed by atoms with Crippen molar-refractivity contribution in [2.45, 2.75) is 75.9 Å². The number of hydrogen-bond donors (Lipinski definition) is 0. The molecule has 0 spiro atoms. The smallest absolute Gasteiger partial charge is 0.415 e. The van der Waals surface area contributed by atoms with E-state index in [9.17, 15) is 23.6 Å². The van der Waals surface area contributed by atoms with E-state index in [0.29, 0.717) is 24.9 Å². The van der Waals surface area contributed by atoms with Gasteiger partial charge in [0.25, 0.3) is 0 Å². The molecule has 5 rings (SSSR count). The lowest BCUT2D eigenvalue weighted by Crippen LogP contribution is -2.55. The third-order valence-corrected chi connectivity index (χ3v) is 8.18. The fraction of sp³-hybridized carbons (Fsp3) is 0.905. The van der Waals surface area contributed by atoms with Gasteiger partial charge in [-0.2, -0.15) is 13.1 Å². The zero-order valence-corrected chi connectivity index (χ0v) is 18.3. The summed E-state index contributed by atoms with van der Waals surface area (Å²) in [5.41, 5.74) is -0.523. The summed E-state index contributed by atoms with van der Waals surface area (Å²) >= 11 is -0.672. The highest BCUT2D eigenvalue weighted by Crippen LogP contribution is 2.65. The van der Waals surface area contributed by atoms with Crippen LogP contribution in [-0.2, 0) is 28.4 Å².